The van der Waals surface area contributed by atoms with Crippen LogP contribution in [-0.4, -0.2) is 61.0 Å². The zero-order valence-electron chi connectivity index (χ0n) is 20.2. The van der Waals surface area contributed by atoms with Crippen LogP contribution in [0.3, 0.4) is 0 Å². The molecule has 1 aromatic rings. The molecule has 3 aliphatic rings. The number of anilines is 1. The van der Waals surface area contributed by atoms with Gasteiger partial charge in [-0.2, -0.15) is 0 Å². The summed E-state index contributed by atoms with van der Waals surface area (Å²) in [6, 6.07) is 7.20. The number of benzene rings is 1. The molecule has 0 aromatic heterocycles. The van der Waals surface area contributed by atoms with Crippen LogP contribution >= 0.6 is 11.8 Å². The molecule has 2 amide bonds. The van der Waals surface area contributed by atoms with Crippen molar-refractivity contribution in [3.8, 4) is 0 Å². The van der Waals surface area contributed by atoms with Crippen molar-refractivity contribution in [3.63, 3.8) is 0 Å². The second kappa shape index (κ2) is 9.89. The maximum absolute atomic E-state index is 12.5. The number of carbonyl (C=O) groups is 2. The molecule has 9 heteroatoms. The Kier molecular flexibility index (Phi) is 7.28. The van der Waals surface area contributed by atoms with Gasteiger partial charge in [-0.25, -0.2) is 4.79 Å². The summed E-state index contributed by atoms with van der Waals surface area (Å²) in [4.78, 5) is 25.7. The minimum absolute atomic E-state index is 0.0658. The van der Waals surface area contributed by atoms with E-state index in [1.54, 1.807) is 19.2 Å². The van der Waals surface area contributed by atoms with E-state index in [9.17, 15) is 9.59 Å². The van der Waals surface area contributed by atoms with Crippen molar-refractivity contribution in [2.45, 2.75) is 74.4 Å². The zero-order valence-corrected chi connectivity index (χ0v) is 21.0. The molecule has 2 aliphatic heterocycles. The lowest BCUT2D eigenvalue weighted by Gasteiger charge is -2.42. The van der Waals surface area contributed by atoms with Crippen LogP contribution in [-0.2, 0) is 23.7 Å². The first-order valence-electron chi connectivity index (χ1n) is 11.6. The molecular weight excluding hydrogens is 456 g/mol. The zero-order chi connectivity index (χ0) is 24.5. The molecule has 34 heavy (non-hydrogen) atoms. The van der Waals surface area contributed by atoms with Crippen molar-refractivity contribution in [1.29, 1.82) is 0 Å². The normalized spacial score (nSPS) is 33.8. The van der Waals surface area contributed by atoms with Crippen LogP contribution in [0.15, 0.2) is 40.8 Å². The van der Waals surface area contributed by atoms with Gasteiger partial charge in [0, 0.05) is 17.7 Å². The first-order valence-corrected chi connectivity index (χ1v) is 12.6. The molecule has 6 atom stereocenters. The van der Waals surface area contributed by atoms with Gasteiger partial charge in [0.05, 0.1) is 24.4 Å². The van der Waals surface area contributed by atoms with Gasteiger partial charge in [0.15, 0.2) is 0 Å². The van der Waals surface area contributed by atoms with Crippen LogP contribution in [0.2, 0.25) is 0 Å². The average Bonchev–Trinajstić information content (AvgIpc) is 3.70. The molecule has 2 heterocycles. The fourth-order valence-corrected chi connectivity index (χ4v) is 5.80. The van der Waals surface area contributed by atoms with Crippen LogP contribution in [0.25, 0.3) is 0 Å². The van der Waals surface area contributed by atoms with Gasteiger partial charge >= 0.3 is 6.09 Å². The monoisotopic (exact) mass is 490 g/mol. The summed E-state index contributed by atoms with van der Waals surface area (Å²) in [7, 11) is 1.62. The Morgan fingerprint density at radius 1 is 1.29 bits per heavy atom. The summed E-state index contributed by atoms with van der Waals surface area (Å²) in [5.74, 6) is -0.395. The Labute approximate surface area is 204 Å². The van der Waals surface area contributed by atoms with Gasteiger partial charge in [-0.05, 0) is 64.3 Å². The number of nitrogens with one attached hydrogen (secondary N) is 1. The van der Waals surface area contributed by atoms with Crippen molar-refractivity contribution in [2.24, 2.45) is 5.92 Å². The number of imide groups is 1. The number of alkyl carbamates (subject to hydrolysis) is 1. The van der Waals surface area contributed by atoms with Crippen LogP contribution < -0.4 is 11.1 Å². The average molecular weight is 491 g/mol. The third kappa shape index (κ3) is 5.43. The molecule has 2 saturated heterocycles. The second-order valence-electron chi connectivity index (χ2n) is 9.73. The van der Waals surface area contributed by atoms with Crippen molar-refractivity contribution >= 4 is 29.4 Å². The summed E-state index contributed by atoms with van der Waals surface area (Å²) in [6.45, 7) is 6.90. The van der Waals surface area contributed by atoms with E-state index in [-0.39, 0.29) is 29.5 Å². The molecule has 1 saturated carbocycles. The first kappa shape index (κ1) is 25.0. The maximum atomic E-state index is 12.5. The van der Waals surface area contributed by atoms with Crippen molar-refractivity contribution in [1.82, 2.24) is 5.32 Å². The van der Waals surface area contributed by atoms with Gasteiger partial charge in [0.25, 0.3) is 0 Å². The molecule has 1 aromatic carbocycles. The molecule has 0 radical (unpaired) electrons. The molecule has 0 bridgehead atoms. The topological polar surface area (TPSA) is 116 Å². The lowest BCUT2D eigenvalue weighted by Crippen LogP contribution is -2.56. The highest BCUT2D eigenvalue weighted by Gasteiger charge is 2.72. The summed E-state index contributed by atoms with van der Waals surface area (Å²) >= 11 is 1.32. The van der Waals surface area contributed by atoms with Gasteiger partial charge in [-0.3, -0.25) is 10.1 Å². The highest BCUT2D eigenvalue weighted by Crippen LogP contribution is 2.59. The largest absolute Gasteiger partial charge is 0.443 e. The van der Waals surface area contributed by atoms with E-state index in [2.05, 4.69) is 32.2 Å². The Hall–Kier alpha value is -2.07. The van der Waals surface area contributed by atoms with Crippen LogP contribution in [0.5, 0.6) is 0 Å². The highest BCUT2D eigenvalue weighted by molar-refractivity contribution is 8.00. The number of rotatable bonds is 8. The number of hydrogen-bond acceptors (Lipinski definition) is 8. The molecule has 3 N–H and O–H groups in total. The summed E-state index contributed by atoms with van der Waals surface area (Å²) < 4.78 is 23.7. The quantitative estimate of drug-likeness (QED) is 0.245. The predicted octanol–water partition coefficient (Wildman–Crippen LogP) is 3.69. The third-order valence-electron chi connectivity index (χ3n) is 6.99. The van der Waals surface area contributed by atoms with Gasteiger partial charge in [0.2, 0.25) is 5.91 Å². The van der Waals surface area contributed by atoms with Gasteiger partial charge < -0.3 is 24.7 Å². The van der Waals surface area contributed by atoms with E-state index < -0.39 is 23.7 Å². The van der Waals surface area contributed by atoms with E-state index >= 15 is 0 Å². The van der Waals surface area contributed by atoms with Gasteiger partial charge in [0.1, 0.15) is 23.4 Å². The number of methoxy groups -OCH3 is 1. The molecule has 3 fully saturated rings. The number of carbonyl (C=O) groups excluding carboxylic acids is 2. The van der Waals surface area contributed by atoms with Crippen LogP contribution in [0.4, 0.5) is 10.5 Å². The Morgan fingerprint density at radius 2 is 2.00 bits per heavy atom. The van der Waals surface area contributed by atoms with Crippen LogP contribution in [0, 0.1) is 5.92 Å². The Balaban J connectivity index is 1.34. The maximum Gasteiger partial charge on any atom is 0.414 e. The number of nitrogen functional groups attached to an aromatic ring is 1. The fourth-order valence-electron chi connectivity index (χ4n) is 5.10. The third-order valence-corrected chi connectivity index (χ3v) is 8.00. The van der Waals surface area contributed by atoms with E-state index in [1.165, 1.54) is 17.3 Å². The van der Waals surface area contributed by atoms with Crippen molar-refractivity contribution in [3.05, 3.63) is 35.9 Å². The summed E-state index contributed by atoms with van der Waals surface area (Å²) in [5, 5.41) is 2.33. The minimum Gasteiger partial charge on any atom is -0.443 e. The number of hydrogen-bond donors (Lipinski definition) is 2. The molecule has 1 aliphatic carbocycles. The summed E-state index contributed by atoms with van der Waals surface area (Å²) in [5.41, 5.74) is 6.88. The Morgan fingerprint density at radius 3 is 2.62 bits per heavy atom. The number of allylic oxidation sites excluding steroid dienone is 1. The molecule has 4 rings (SSSR count). The molecule has 1 spiro atoms. The molecule has 8 nitrogen and oxygen atoms in total. The SMILES string of the molecule is CO[C@H]1C([C@@]2(C)O[C@@H]2CC=C(C)C)[C@]2(CC[C@H]1OC(=O)NC(=O)CSc1ccc(N)cc1)CO2. The van der Waals surface area contributed by atoms with E-state index in [1.807, 2.05) is 12.1 Å². The van der Waals surface area contributed by atoms with Gasteiger partial charge in [-0.15, -0.1) is 11.8 Å². The summed E-state index contributed by atoms with van der Waals surface area (Å²) in [6.07, 6.45) is 2.80. The van der Waals surface area contributed by atoms with Crippen LogP contribution in [0.1, 0.15) is 40.0 Å². The number of ether oxygens (including phenoxy) is 4. The molecule has 1 unspecified atom stereocenters. The van der Waals surface area contributed by atoms with E-state index in [0.717, 1.165) is 17.7 Å². The lowest BCUT2D eigenvalue weighted by atomic mass is 9.68. The molecule has 186 valence electrons. The van der Waals surface area contributed by atoms with Crippen molar-refractivity contribution < 1.29 is 28.5 Å². The minimum atomic E-state index is -0.760. The number of nitrogens with two attached hydrogens (primary N) is 1. The van der Waals surface area contributed by atoms with E-state index in [0.29, 0.717) is 18.7 Å². The van der Waals surface area contributed by atoms with Gasteiger partial charge in [-0.1, -0.05) is 11.6 Å². The number of epoxide rings is 2. The first-order chi connectivity index (χ1) is 16.2. The fraction of sp³-hybridized carbons (Fsp3) is 0.600. The smallest absolute Gasteiger partial charge is 0.414 e. The molecular formula is C25H34N2O6S. The van der Waals surface area contributed by atoms with Crippen molar-refractivity contribution in [2.75, 3.05) is 25.2 Å². The second-order valence-corrected chi connectivity index (χ2v) is 10.8. The lowest BCUT2D eigenvalue weighted by molar-refractivity contribution is -0.124. The standard InChI is InChI=1S/C25H34N2O6S/c1-15(2)5-10-19-24(3,33-19)22-21(30-4)18(11-12-25(22)14-31-25)32-23(29)27-20(28)13-34-17-8-6-16(26)7-9-17/h5-9,18-19,21-22H,10-14,26H2,1-4H3,(H,27,28,29)/t18-,19-,21-,22?,24+,25+/m1/s1. The van der Waals surface area contributed by atoms with E-state index in [4.69, 9.17) is 24.7 Å². The predicted molar refractivity (Wildman–Crippen MR) is 130 cm³/mol. The Bertz CT molecular complexity index is 943. The number of amides is 2. The number of thioether (sulfide) groups is 1. The highest BCUT2D eigenvalue weighted by atomic mass is 32.2.